The predicted molar refractivity (Wildman–Crippen MR) is 85.0 cm³/mol. The summed E-state index contributed by atoms with van der Waals surface area (Å²) in [6.07, 6.45) is 0. The first-order valence-electron chi connectivity index (χ1n) is 7.67. The zero-order valence-electron chi connectivity index (χ0n) is 13.0. The molecular formula is C16H25N3O2. The largest absolute Gasteiger partial charge is 0.484 e. The maximum Gasteiger partial charge on any atom is 0.145 e. The Labute approximate surface area is 126 Å². The standard InChI is InChI=1S/C16H25N3O2/c1-16(2)12-19(6-5-18-7-9-20-10-8-18)14-4-3-13(17)11-15(14)21-16/h3-4,11H,5-10,12,17H2,1-2H3. The van der Waals surface area contributed by atoms with E-state index in [0.717, 1.165) is 63.1 Å². The topological polar surface area (TPSA) is 51.0 Å². The van der Waals surface area contributed by atoms with E-state index in [0.29, 0.717) is 0 Å². The van der Waals surface area contributed by atoms with Crippen LogP contribution in [0, 0.1) is 0 Å². The molecule has 0 radical (unpaired) electrons. The van der Waals surface area contributed by atoms with Crippen molar-refractivity contribution >= 4 is 11.4 Å². The molecule has 0 saturated carbocycles. The Morgan fingerprint density at radius 2 is 1.95 bits per heavy atom. The van der Waals surface area contributed by atoms with Gasteiger partial charge in [-0.15, -0.1) is 0 Å². The van der Waals surface area contributed by atoms with Crippen molar-refractivity contribution in [1.82, 2.24) is 4.90 Å². The van der Waals surface area contributed by atoms with E-state index in [2.05, 4.69) is 29.7 Å². The van der Waals surface area contributed by atoms with E-state index in [-0.39, 0.29) is 5.60 Å². The van der Waals surface area contributed by atoms with E-state index >= 15 is 0 Å². The van der Waals surface area contributed by atoms with E-state index in [1.54, 1.807) is 0 Å². The van der Waals surface area contributed by atoms with Gasteiger partial charge in [0.2, 0.25) is 0 Å². The van der Waals surface area contributed by atoms with Crippen LogP contribution in [-0.4, -0.2) is 56.4 Å². The summed E-state index contributed by atoms with van der Waals surface area (Å²) in [4.78, 5) is 4.87. The normalized spacial score (nSPS) is 21.7. The fourth-order valence-electron chi connectivity index (χ4n) is 3.03. The summed E-state index contributed by atoms with van der Waals surface area (Å²) in [5.74, 6) is 0.897. The van der Waals surface area contributed by atoms with Crippen LogP contribution in [0.5, 0.6) is 5.75 Å². The van der Waals surface area contributed by atoms with Crippen molar-refractivity contribution in [2.45, 2.75) is 19.4 Å². The Balaban J connectivity index is 1.72. The summed E-state index contributed by atoms with van der Waals surface area (Å²) < 4.78 is 11.5. The van der Waals surface area contributed by atoms with Gasteiger partial charge in [0.1, 0.15) is 11.4 Å². The van der Waals surface area contributed by atoms with Crippen LogP contribution in [0.4, 0.5) is 11.4 Å². The van der Waals surface area contributed by atoms with Gasteiger partial charge in [-0.05, 0) is 26.0 Å². The van der Waals surface area contributed by atoms with Crippen molar-refractivity contribution in [3.05, 3.63) is 18.2 Å². The molecule has 1 saturated heterocycles. The molecule has 1 aromatic carbocycles. The first kappa shape index (κ1) is 14.5. The van der Waals surface area contributed by atoms with Gasteiger partial charge in [0.15, 0.2) is 0 Å². The third-order valence-corrected chi connectivity index (χ3v) is 4.07. The third-order valence-electron chi connectivity index (χ3n) is 4.07. The van der Waals surface area contributed by atoms with Crippen molar-refractivity contribution in [2.24, 2.45) is 0 Å². The van der Waals surface area contributed by atoms with E-state index in [1.165, 1.54) is 0 Å². The average Bonchev–Trinajstić information content (AvgIpc) is 2.44. The maximum atomic E-state index is 6.07. The van der Waals surface area contributed by atoms with Gasteiger partial charge in [0, 0.05) is 37.9 Å². The number of fused-ring (bicyclic) bond motifs is 1. The molecule has 0 aromatic heterocycles. The van der Waals surface area contributed by atoms with Crippen molar-refractivity contribution < 1.29 is 9.47 Å². The molecule has 116 valence electrons. The van der Waals surface area contributed by atoms with Crippen LogP contribution >= 0.6 is 0 Å². The molecule has 0 aliphatic carbocycles. The smallest absolute Gasteiger partial charge is 0.145 e. The zero-order valence-corrected chi connectivity index (χ0v) is 13.0. The number of hydrogen-bond donors (Lipinski definition) is 1. The van der Waals surface area contributed by atoms with Gasteiger partial charge in [-0.1, -0.05) is 0 Å². The fraction of sp³-hybridized carbons (Fsp3) is 0.625. The second-order valence-corrected chi connectivity index (χ2v) is 6.46. The SMILES string of the molecule is CC1(C)CN(CCN2CCOCC2)c2ccc(N)cc2O1. The molecule has 0 atom stereocenters. The fourth-order valence-corrected chi connectivity index (χ4v) is 3.03. The number of anilines is 2. The molecule has 3 rings (SSSR count). The van der Waals surface area contributed by atoms with Gasteiger partial charge in [0.25, 0.3) is 0 Å². The minimum atomic E-state index is -0.189. The van der Waals surface area contributed by atoms with E-state index in [4.69, 9.17) is 15.2 Å². The summed E-state index contributed by atoms with van der Waals surface area (Å²) in [5, 5.41) is 0. The minimum absolute atomic E-state index is 0.189. The highest BCUT2D eigenvalue weighted by atomic mass is 16.5. The average molecular weight is 291 g/mol. The Morgan fingerprint density at radius 1 is 1.19 bits per heavy atom. The summed E-state index contributed by atoms with van der Waals surface area (Å²) in [6.45, 7) is 11.0. The predicted octanol–water partition coefficient (Wildman–Crippen LogP) is 1.58. The van der Waals surface area contributed by atoms with Crippen molar-refractivity contribution in [1.29, 1.82) is 0 Å². The summed E-state index contributed by atoms with van der Waals surface area (Å²) in [7, 11) is 0. The van der Waals surface area contributed by atoms with Gasteiger partial charge >= 0.3 is 0 Å². The molecule has 2 aliphatic heterocycles. The number of morpholine rings is 1. The minimum Gasteiger partial charge on any atom is -0.484 e. The Hall–Kier alpha value is -1.46. The summed E-state index contributed by atoms with van der Waals surface area (Å²) in [6, 6.07) is 5.94. The number of hydrogen-bond acceptors (Lipinski definition) is 5. The number of nitrogen functional groups attached to an aromatic ring is 1. The number of benzene rings is 1. The van der Waals surface area contributed by atoms with Gasteiger partial charge in [-0.2, -0.15) is 0 Å². The van der Waals surface area contributed by atoms with E-state index in [1.807, 2.05) is 12.1 Å². The molecule has 0 bridgehead atoms. The second kappa shape index (κ2) is 5.73. The first-order chi connectivity index (χ1) is 10.0. The lowest BCUT2D eigenvalue weighted by atomic mass is 10.0. The molecular weight excluding hydrogens is 266 g/mol. The molecule has 21 heavy (non-hydrogen) atoms. The van der Waals surface area contributed by atoms with Crippen molar-refractivity contribution in [3.8, 4) is 5.75 Å². The molecule has 5 nitrogen and oxygen atoms in total. The number of rotatable bonds is 3. The number of ether oxygens (including phenoxy) is 2. The molecule has 2 aliphatic rings. The lowest BCUT2D eigenvalue weighted by Crippen LogP contribution is -2.50. The van der Waals surface area contributed by atoms with Gasteiger partial charge in [-0.25, -0.2) is 0 Å². The van der Waals surface area contributed by atoms with Crippen molar-refractivity contribution in [2.75, 3.05) is 56.6 Å². The molecule has 5 heteroatoms. The lowest BCUT2D eigenvalue weighted by molar-refractivity contribution is 0.0381. The number of nitrogens with zero attached hydrogens (tertiary/aromatic N) is 2. The highest BCUT2D eigenvalue weighted by Gasteiger charge is 2.31. The zero-order chi connectivity index (χ0) is 14.9. The van der Waals surface area contributed by atoms with Crippen LogP contribution in [0.1, 0.15) is 13.8 Å². The van der Waals surface area contributed by atoms with Crippen molar-refractivity contribution in [3.63, 3.8) is 0 Å². The quantitative estimate of drug-likeness (QED) is 0.857. The van der Waals surface area contributed by atoms with E-state index in [9.17, 15) is 0 Å². The molecule has 2 heterocycles. The third kappa shape index (κ3) is 3.41. The van der Waals surface area contributed by atoms with Crippen LogP contribution in [0.25, 0.3) is 0 Å². The lowest BCUT2D eigenvalue weighted by Gasteiger charge is -2.42. The Bertz CT molecular complexity index is 498. The van der Waals surface area contributed by atoms with Crippen LogP contribution in [-0.2, 0) is 4.74 Å². The highest BCUT2D eigenvalue weighted by molar-refractivity contribution is 5.65. The van der Waals surface area contributed by atoms with Crippen LogP contribution < -0.4 is 15.4 Å². The number of nitrogens with two attached hydrogens (primary N) is 1. The molecule has 0 amide bonds. The van der Waals surface area contributed by atoms with Crippen LogP contribution in [0.15, 0.2) is 18.2 Å². The van der Waals surface area contributed by atoms with E-state index < -0.39 is 0 Å². The molecule has 0 spiro atoms. The maximum absolute atomic E-state index is 6.07. The van der Waals surface area contributed by atoms with Crippen LogP contribution in [0.3, 0.4) is 0 Å². The molecule has 2 N–H and O–H groups in total. The van der Waals surface area contributed by atoms with Gasteiger partial charge in [0.05, 0.1) is 25.4 Å². The monoisotopic (exact) mass is 291 g/mol. The Morgan fingerprint density at radius 3 is 2.71 bits per heavy atom. The molecule has 0 unspecified atom stereocenters. The molecule has 1 fully saturated rings. The molecule has 1 aromatic rings. The Kier molecular flexibility index (Phi) is 3.95. The van der Waals surface area contributed by atoms with Gasteiger partial charge in [-0.3, -0.25) is 4.90 Å². The van der Waals surface area contributed by atoms with Crippen LogP contribution in [0.2, 0.25) is 0 Å². The summed E-state index contributed by atoms with van der Waals surface area (Å²) in [5.41, 5.74) is 7.60. The first-order valence-corrected chi connectivity index (χ1v) is 7.67. The summed E-state index contributed by atoms with van der Waals surface area (Å²) >= 11 is 0. The van der Waals surface area contributed by atoms with Gasteiger partial charge < -0.3 is 20.1 Å². The second-order valence-electron chi connectivity index (χ2n) is 6.46. The highest BCUT2D eigenvalue weighted by Crippen LogP contribution is 2.38.